The molecule has 0 fully saturated rings. The van der Waals surface area contributed by atoms with E-state index in [9.17, 15) is 0 Å². The van der Waals surface area contributed by atoms with E-state index in [0.717, 1.165) is 43.7 Å². The monoisotopic (exact) mass is 259 g/mol. The molecule has 0 aliphatic heterocycles. The molecule has 1 rings (SSSR count). The van der Waals surface area contributed by atoms with Crippen LogP contribution in [-0.2, 0) is 18.2 Å². The Bertz CT molecular complexity index is 352. The molecule has 0 saturated carbocycles. The van der Waals surface area contributed by atoms with Crippen molar-refractivity contribution >= 4 is 11.6 Å². The fourth-order valence-corrected chi connectivity index (χ4v) is 2.11. The van der Waals surface area contributed by atoms with Gasteiger partial charge < -0.3 is 10.5 Å². The Labute approximate surface area is 108 Å². The van der Waals surface area contributed by atoms with Crippen molar-refractivity contribution in [1.29, 1.82) is 0 Å². The zero-order valence-corrected chi connectivity index (χ0v) is 11.6. The maximum atomic E-state index is 6.16. The Morgan fingerprint density at radius 3 is 2.76 bits per heavy atom. The normalized spacial score (nSPS) is 13.0. The summed E-state index contributed by atoms with van der Waals surface area (Å²) in [5, 5.41) is 4.97. The standard InChI is InChI=1S/C12H22ClN3O/c1-4-17-7-5-6-10(14)8-11-9(2)15-16(3)12(11)13/h10H,4-8,14H2,1-3H3. The van der Waals surface area contributed by atoms with Gasteiger partial charge in [-0.3, -0.25) is 4.68 Å². The van der Waals surface area contributed by atoms with Gasteiger partial charge in [-0.2, -0.15) is 5.10 Å². The molecule has 17 heavy (non-hydrogen) atoms. The molecule has 1 unspecified atom stereocenters. The first-order valence-corrected chi connectivity index (χ1v) is 6.45. The minimum Gasteiger partial charge on any atom is -0.382 e. The molecule has 0 aliphatic rings. The molecule has 0 bridgehead atoms. The molecule has 2 N–H and O–H groups in total. The van der Waals surface area contributed by atoms with Crippen LogP contribution in [0.15, 0.2) is 0 Å². The number of hydrogen-bond acceptors (Lipinski definition) is 3. The predicted octanol–water partition coefficient (Wildman–Crippen LogP) is 2.07. The first kappa shape index (κ1) is 14.5. The number of aromatic nitrogens is 2. The molecule has 1 aromatic rings. The van der Waals surface area contributed by atoms with Crippen LogP contribution in [0.3, 0.4) is 0 Å². The average molecular weight is 260 g/mol. The molecule has 1 heterocycles. The van der Waals surface area contributed by atoms with E-state index in [1.165, 1.54) is 0 Å². The van der Waals surface area contributed by atoms with Crippen molar-refractivity contribution in [2.45, 2.75) is 39.2 Å². The van der Waals surface area contributed by atoms with Gasteiger partial charge in [-0.05, 0) is 33.1 Å². The second-order valence-corrected chi connectivity index (χ2v) is 4.64. The zero-order valence-electron chi connectivity index (χ0n) is 10.9. The van der Waals surface area contributed by atoms with Crippen molar-refractivity contribution in [3.8, 4) is 0 Å². The Morgan fingerprint density at radius 2 is 2.24 bits per heavy atom. The van der Waals surface area contributed by atoms with Crippen LogP contribution in [0.1, 0.15) is 31.0 Å². The molecule has 4 nitrogen and oxygen atoms in total. The fraction of sp³-hybridized carbons (Fsp3) is 0.750. The number of rotatable bonds is 7. The maximum absolute atomic E-state index is 6.16. The van der Waals surface area contributed by atoms with Crippen LogP contribution >= 0.6 is 11.6 Å². The molecule has 0 spiro atoms. The van der Waals surface area contributed by atoms with Gasteiger partial charge in [-0.1, -0.05) is 11.6 Å². The van der Waals surface area contributed by atoms with Crippen LogP contribution in [0.5, 0.6) is 0 Å². The van der Waals surface area contributed by atoms with E-state index in [2.05, 4.69) is 5.10 Å². The number of nitrogens with zero attached hydrogens (tertiary/aromatic N) is 2. The van der Waals surface area contributed by atoms with Gasteiger partial charge in [0.2, 0.25) is 0 Å². The van der Waals surface area contributed by atoms with Gasteiger partial charge in [-0.25, -0.2) is 0 Å². The topological polar surface area (TPSA) is 53.1 Å². The third-order valence-electron chi connectivity index (χ3n) is 2.80. The third-order valence-corrected chi connectivity index (χ3v) is 3.28. The molecule has 98 valence electrons. The Morgan fingerprint density at radius 1 is 1.53 bits per heavy atom. The van der Waals surface area contributed by atoms with E-state index < -0.39 is 0 Å². The Kier molecular flexibility index (Phi) is 5.95. The number of ether oxygens (including phenoxy) is 1. The first-order valence-electron chi connectivity index (χ1n) is 6.07. The van der Waals surface area contributed by atoms with Gasteiger partial charge in [0.15, 0.2) is 0 Å². The van der Waals surface area contributed by atoms with E-state index in [1.54, 1.807) is 4.68 Å². The van der Waals surface area contributed by atoms with Crippen molar-refractivity contribution < 1.29 is 4.74 Å². The fourth-order valence-electron chi connectivity index (χ4n) is 1.86. The minimum absolute atomic E-state index is 0.121. The van der Waals surface area contributed by atoms with Crippen molar-refractivity contribution in [3.63, 3.8) is 0 Å². The Hall–Kier alpha value is -0.580. The lowest BCUT2D eigenvalue weighted by atomic mass is 10.0. The highest BCUT2D eigenvalue weighted by Crippen LogP contribution is 2.20. The molecule has 1 aromatic heterocycles. The van der Waals surface area contributed by atoms with Gasteiger partial charge >= 0.3 is 0 Å². The molecule has 1 atom stereocenters. The molecule has 0 amide bonds. The Balaban J connectivity index is 2.42. The molecule has 5 heteroatoms. The lowest BCUT2D eigenvalue weighted by Gasteiger charge is -2.11. The summed E-state index contributed by atoms with van der Waals surface area (Å²) in [4.78, 5) is 0. The van der Waals surface area contributed by atoms with Crippen molar-refractivity contribution in [2.75, 3.05) is 13.2 Å². The zero-order chi connectivity index (χ0) is 12.8. The SMILES string of the molecule is CCOCCCC(N)Cc1c(C)nn(C)c1Cl. The second-order valence-electron chi connectivity index (χ2n) is 4.28. The summed E-state index contributed by atoms with van der Waals surface area (Å²) in [6.07, 6.45) is 2.72. The van der Waals surface area contributed by atoms with Crippen LogP contribution in [0.25, 0.3) is 0 Å². The number of halogens is 1. The smallest absolute Gasteiger partial charge is 0.130 e. The summed E-state index contributed by atoms with van der Waals surface area (Å²) in [6, 6.07) is 0.121. The van der Waals surface area contributed by atoms with E-state index >= 15 is 0 Å². The van der Waals surface area contributed by atoms with Crippen molar-refractivity contribution in [2.24, 2.45) is 12.8 Å². The van der Waals surface area contributed by atoms with Crippen molar-refractivity contribution in [3.05, 3.63) is 16.4 Å². The maximum Gasteiger partial charge on any atom is 0.130 e. The minimum atomic E-state index is 0.121. The lowest BCUT2D eigenvalue weighted by Crippen LogP contribution is -2.23. The van der Waals surface area contributed by atoms with Gasteiger partial charge in [0.25, 0.3) is 0 Å². The summed E-state index contributed by atoms with van der Waals surface area (Å²) >= 11 is 6.16. The van der Waals surface area contributed by atoms with E-state index in [-0.39, 0.29) is 6.04 Å². The highest BCUT2D eigenvalue weighted by Gasteiger charge is 2.14. The quantitative estimate of drug-likeness (QED) is 0.763. The molecule has 0 aromatic carbocycles. The molecular weight excluding hydrogens is 238 g/mol. The first-order chi connectivity index (χ1) is 8.06. The van der Waals surface area contributed by atoms with E-state index in [0.29, 0.717) is 5.15 Å². The molecular formula is C12H22ClN3O. The average Bonchev–Trinajstić information content (AvgIpc) is 2.52. The van der Waals surface area contributed by atoms with Crippen LogP contribution in [0, 0.1) is 6.92 Å². The number of hydrogen-bond donors (Lipinski definition) is 1. The van der Waals surface area contributed by atoms with Crippen LogP contribution in [-0.4, -0.2) is 29.0 Å². The second kappa shape index (κ2) is 6.99. The number of aryl methyl sites for hydroxylation is 2. The van der Waals surface area contributed by atoms with E-state index in [4.69, 9.17) is 22.1 Å². The van der Waals surface area contributed by atoms with Crippen LogP contribution in [0.2, 0.25) is 5.15 Å². The number of nitrogens with two attached hydrogens (primary N) is 1. The summed E-state index contributed by atoms with van der Waals surface area (Å²) in [6.45, 7) is 5.51. The van der Waals surface area contributed by atoms with Crippen molar-refractivity contribution in [1.82, 2.24) is 9.78 Å². The summed E-state index contributed by atoms with van der Waals surface area (Å²) in [7, 11) is 1.85. The lowest BCUT2D eigenvalue weighted by molar-refractivity contribution is 0.142. The summed E-state index contributed by atoms with van der Waals surface area (Å²) in [5.74, 6) is 0. The highest BCUT2D eigenvalue weighted by atomic mass is 35.5. The van der Waals surface area contributed by atoms with E-state index in [1.807, 2.05) is 20.9 Å². The third kappa shape index (κ3) is 4.30. The van der Waals surface area contributed by atoms with Gasteiger partial charge in [0, 0.05) is 31.9 Å². The van der Waals surface area contributed by atoms with Gasteiger partial charge in [0.1, 0.15) is 5.15 Å². The molecule has 0 aliphatic carbocycles. The van der Waals surface area contributed by atoms with Crippen LogP contribution in [0.4, 0.5) is 0 Å². The largest absolute Gasteiger partial charge is 0.382 e. The molecule has 0 radical (unpaired) electrons. The predicted molar refractivity (Wildman–Crippen MR) is 70.4 cm³/mol. The highest BCUT2D eigenvalue weighted by molar-refractivity contribution is 6.30. The van der Waals surface area contributed by atoms with Crippen LogP contribution < -0.4 is 5.73 Å². The summed E-state index contributed by atoms with van der Waals surface area (Å²) < 4.78 is 6.98. The molecule has 0 saturated heterocycles. The van der Waals surface area contributed by atoms with Gasteiger partial charge in [0.05, 0.1) is 5.69 Å². The van der Waals surface area contributed by atoms with Gasteiger partial charge in [-0.15, -0.1) is 0 Å². The summed E-state index contributed by atoms with van der Waals surface area (Å²) in [5.41, 5.74) is 8.12.